The van der Waals surface area contributed by atoms with Gasteiger partial charge in [-0.2, -0.15) is 5.26 Å². The van der Waals surface area contributed by atoms with Gasteiger partial charge in [0.15, 0.2) is 0 Å². The molecule has 1 aromatic rings. The lowest BCUT2D eigenvalue weighted by atomic mass is 10.0. The molecule has 0 radical (unpaired) electrons. The van der Waals surface area contributed by atoms with Gasteiger partial charge < -0.3 is 9.80 Å². The Hall–Kier alpha value is -2.15. The largest absolute Gasteiger partial charge is 0.355 e. The first kappa shape index (κ1) is 25.0. The number of hydrogen-bond acceptors (Lipinski definition) is 7. The van der Waals surface area contributed by atoms with Crippen molar-refractivity contribution >= 4 is 46.1 Å². The minimum Gasteiger partial charge on any atom is -0.355 e. The van der Waals surface area contributed by atoms with E-state index in [9.17, 15) is 14.9 Å². The third-order valence-corrected chi connectivity index (χ3v) is 8.50. The molecule has 0 unspecified atom stereocenters. The Morgan fingerprint density at radius 3 is 2.47 bits per heavy atom. The normalized spacial score (nSPS) is 21.2. The molecule has 2 saturated heterocycles. The van der Waals surface area contributed by atoms with Crippen molar-refractivity contribution in [3.8, 4) is 6.07 Å². The van der Waals surface area contributed by atoms with Crippen molar-refractivity contribution in [2.75, 3.05) is 38.1 Å². The number of likely N-dealkylation sites (N-methyl/N-ethyl adjacent to an activating group) is 1. The first-order valence-corrected chi connectivity index (χ1v) is 13.5. The Kier molecular flexibility index (Phi) is 7.80. The summed E-state index contributed by atoms with van der Waals surface area (Å²) in [6, 6.07) is 2.32. The Morgan fingerprint density at radius 2 is 1.85 bits per heavy atom. The van der Waals surface area contributed by atoms with Crippen LogP contribution in [0.25, 0.3) is 6.08 Å². The lowest BCUT2D eigenvalue weighted by Crippen LogP contribution is -2.47. The number of unbranched alkanes of at least 4 members (excludes halogenated alkanes) is 1. The van der Waals surface area contributed by atoms with E-state index < -0.39 is 0 Å². The van der Waals surface area contributed by atoms with Crippen molar-refractivity contribution < 1.29 is 4.79 Å². The molecule has 1 amide bonds. The molecule has 3 heterocycles. The Balaban J connectivity index is 1.85. The van der Waals surface area contributed by atoms with E-state index in [4.69, 9.17) is 12.2 Å². The standard InChI is InChI=1S/C25H33N5O2S2/c1-4-5-10-29-22(28-13-11-27(3)12-14-28)19(17(2)20(16-26)23(29)31)15-21-24(32)30(25(33)34-21)18-8-6-7-9-18/h15,18H,4-14H2,1-3H3/b21-15-. The Morgan fingerprint density at radius 1 is 1.18 bits per heavy atom. The second-order valence-electron chi connectivity index (χ2n) is 9.44. The summed E-state index contributed by atoms with van der Waals surface area (Å²) in [4.78, 5) is 33.7. The van der Waals surface area contributed by atoms with Gasteiger partial charge in [0, 0.05) is 44.3 Å². The molecule has 1 aliphatic carbocycles. The van der Waals surface area contributed by atoms with E-state index in [0.717, 1.165) is 76.1 Å². The van der Waals surface area contributed by atoms with E-state index in [-0.39, 0.29) is 23.1 Å². The third-order valence-electron chi connectivity index (χ3n) is 7.17. The molecule has 0 N–H and O–H groups in total. The number of pyridine rings is 1. The van der Waals surface area contributed by atoms with Gasteiger partial charge in [0.1, 0.15) is 21.8 Å². The summed E-state index contributed by atoms with van der Waals surface area (Å²) in [7, 11) is 2.10. The number of thiocarbonyl (C=S) groups is 1. The van der Waals surface area contributed by atoms with Crippen LogP contribution in [0.4, 0.5) is 5.82 Å². The highest BCUT2D eigenvalue weighted by Gasteiger charge is 2.38. The molecular weight excluding hydrogens is 466 g/mol. The van der Waals surface area contributed by atoms with Crippen LogP contribution in [0, 0.1) is 18.3 Å². The van der Waals surface area contributed by atoms with E-state index in [1.165, 1.54) is 11.8 Å². The fourth-order valence-electron chi connectivity index (χ4n) is 5.11. The summed E-state index contributed by atoms with van der Waals surface area (Å²) >= 11 is 6.95. The lowest BCUT2D eigenvalue weighted by Gasteiger charge is -2.36. The molecule has 9 heteroatoms. The summed E-state index contributed by atoms with van der Waals surface area (Å²) < 4.78 is 2.38. The maximum Gasteiger partial charge on any atom is 0.270 e. The number of nitrogens with zero attached hydrogens (tertiary/aromatic N) is 5. The van der Waals surface area contributed by atoms with E-state index in [1.807, 2.05) is 13.0 Å². The van der Waals surface area contributed by atoms with Crippen LogP contribution in [0.2, 0.25) is 0 Å². The van der Waals surface area contributed by atoms with E-state index in [1.54, 1.807) is 9.47 Å². The second kappa shape index (κ2) is 10.6. The summed E-state index contributed by atoms with van der Waals surface area (Å²) in [6.45, 7) is 7.83. The monoisotopic (exact) mass is 499 g/mol. The highest BCUT2D eigenvalue weighted by atomic mass is 32.2. The molecule has 0 aromatic carbocycles. The highest BCUT2D eigenvalue weighted by Crippen LogP contribution is 2.39. The predicted molar refractivity (Wildman–Crippen MR) is 142 cm³/mol. The van der Waals surface area contributed by atoms with Gasteiger partial charge in [-0.25, -0.2) is 0 Å². The first-order valence-electron chi connectivity index (χ1n) is 12.2. The highest BCUT2D eigenvalue weighted by molar-refractivity contribution is 8.26. The number of thioether (sulfide) groups is 1. The number of carbonyl (C=O) groups excluding carboxylic acids is 1. The van der Waals surface area contributed by atoms with Gasteiger partial charge in [-0.1, -0.05) is 50.2 Å². The molecule has 3 fully saturated rings. The molecule has 2 aliphatic heterocycles. The molecule has 182 valence electrons. The smallest absolute Gasteiger partial charge is 0.270 e. The van der Waals surface area contributed by atoms with Crippen molar-refractivity contribution in [2.24, 2.45) is 0 Å². The molecule has 0 bridgehead atoms. The minimum atomic E-state index is -0.238. The molecular formula is C25H33N5O2S2. The van der Waals surface area contributed by atoms with E-state index >= 15 is 0 Å². The van der Waals surface area contributed by atoms with Crippen LogP contribution in [0.5, 0.6) is 0 Å². The molecule has 0 atom stereocenters. The van der Waals surface area contributed by atoms with Crippen LogP contribution >= 0.6 is 24.0 Å². The van der Waals surface area contributed by atoms with Crippen LogP contribution in [0.1, 0.15) is 62.1 Å². The number of aromatic nitrogens is 1. The maximum absolute atomic E-state index is 13.4. The summed E-state index contributed by atoms with van der Waals surface area (Å²) in [5.41, 5.74) is 1.36. The van der Waals surface area contributed by atoms with Crippen LogP contribution in [0.3, 0.4) is 0 Å². The molecule has 0 spiro atoms. The Bertz CT molecular complexity index is 1110. The Labute approximate surface area is 211 Å². The van der Waals surface area contributed by atoms with Gasteiger partial charge in [0.25, 0.3) is 11.5 Å². The summed E-state index contributed by atoms with van der Waals surface area (Å²) in [5.74, 6) is 0.782. The number of nitriles is 1. The number of piperazine rings is 1. The van der Waals surface area contributed by atoms with Crippen molar-refractivity contribution in [2.45, 2.75) is 65.0 Å². The van der Waals surface area contributed by atoms with Crippen LogP contribution in [0.15, 0.2) is 9.70 Å². The minimum absolute atomic E-state index is 0.0459. The average Bonchev–Trinajstić information content (AvgIpc) is 3.43. The van der Waals surface area contributed by atoms with E-state index in [2.05, 4.69) is 29.8 Å². The SMILES string of the molecule is CCCCn1c(N2CCN(C)CC2)c(/C=C2\SC(=S)N(C3CCCC3)C2=O)c(C)c(C#N)c1=O. The number of amides is 1. The molecule has 7 nitrogen and oxygen atoms in total. The fourth-order valence-corrected chi connectivity index (χ4v) is 6.50. The second-order valence-corrected chi connectivity index (χ2v) is 11.1. The fraction of sp³-hybridized carbons (Fsp3) is 0.600. The quantitative estimate of drug-likeness (QED) is 0.436. The predicted octanol–water partition coefficient (Wildman–Crippen LogP) is 3.72. The van der Waals surface area contributed by atoms with Crippen LogP contribution in [-0.4, -0.2) is 63.9 Å². The average molecular weight is 500 g/mol. The van der Waals surface area contributed by atoms with Crippen molar-refractivity contribution in [1.82, 2.24) is 14.4 Å². The molecule has 1 saturated carbocycles. The van der Waals surface area contributed by atoms with Crippen molar-refractivity contribution in [3.05, 3.63) is 31.9 Å². The maximum atomic E-state index is 13.4. The molecule has 34 heavy (non-hydrogen) atoms. The first-order chi connectivity index (χ1) is 16.4. The number of anilines is 1. The van der Waals surface area contributed by atoms with Gasteiger partial charge >= 0.3 is 0 Å². The molecule has 3 aliphatic rings. The number of hydrogen-bond donors (Lipinski definition) is 0. The summed E-state index contributed by atoms with van der Waals surface area (Å²) in [5, 5.41) is 9.84. The lowest BCUT2D eigenvalue weighted by molar-refractivity contribution is -0.123. The zero-order chi connectivity index (χ0) is 24.4. The molecule has 4 rings (SSSR count). The van der Waals surface area contributed by atoms with Gasteiger partial charge in [-0.05, 0) is 44.9 Å². The number of carbonyl (C=O) groups is 1. The van der Waals surface area contributed by atoms with Crippen LogP contribution < -0.4 is 10.5 Å². The van der Waals surface area contributed by atoms with Gasteiger partial charge in [-0.15, -0.1) is 0 Å². The summed E-state index contributed by atoms with van der Waals surface area (Å²) in [6.07, 6.45) is 7.91. The molecule has 1 aromatic heterocycles. The van der Waals surface area contributed by atoms with E-state index in [0.29, 0.717) is 21.3 Å². The number of rotatable bonds is 6. The van der Waals surface area contributed by atoms with Crippen LogP contribution in [-0.2, 0) is 11.3 Å². The zero-order valence-electron chi connectivity index (χ0n) is 20.3. The van der Waals surface area contributed by atoms with Crippen molar-refractivity contribution in [3.63, 3.8) is 0 Å². The van der Waals surface area contributed by atoms with Gasteiger partial charge in [0.2, 0.25) is 0 Å². The van der Waals surface area contributed by atoms with Crippen molar-refractivity contribution in [1.29, 1.82) is 5.26 Å². The van der Waals surface area contributed by atoms with Gasteiger partial charge in [0.05, 0.1) is 4.91 Å². The van der Waals surface area contributed by atoms with Gasteiger partial charge in [-0.3, -0.25) is 19.1 Å². The zero-order valence-corrected chi connectivity index (χ0v) is 21.9. The topological polar surface area (TPSA) is 72.6 Å². The third kappa shape index (κ3) is 4.68.